The lowest BCUT2D eigenvalue weighted by Crippen LogP contribution is -2.45. The first-order valence-electron chi connectivity index (χ1n) is 11.6. The average Bonchev–Trinajstić information content (AvgIpc) is 3.56. The Hall–Kier alpha value is -3.54. The van der Waals surface area contributed by atoms with E-state index in [1.807, 2.05) is 47.8 Å². The summed E-state index contributed by atoms with van der Waals surface area (Å²) in [6.07, 6.45) is -8.96. The third-order valence-electron chi connectivity index (χ3n) is 5.89. The van der Waals surface area contributed by atoms with E-state index in [0.717, 1.165) is 10.4 Å². The summed E-state index contributed by atoms with van der Waals surface area (Å²) in [4.78, 5) is 30.0. The monoisotopic (exact) mass is 555 g/mol. The maximum atomic E-state index is 13.4. The molecular formula is C26H23F6N3O2S. The number of urea groups is 1. The molecule has 2 aromatic carbocycles. The summed E-state index contributed by atoms with van der Waals surface area (Å²) in [5, 5.41) is 4.02. The van der Waals surface area contributed by atoms with Crippen molar-refractivity contribution in [2.45, 2.75) is 44.3 Å². The number of thiophene rings is 1. The highest BCUT2D eigenvalue weighted by molar-refractivity contribution is 7.09. The van der Waals surface area contributed by atoms with Gasteiger partial charge in [0.15, 0.2) is 0 Å². The van der Waals surface area contributed by atoms with Crippen LogP contribution in [0.1, 0.15) is 34.4 Å². The molecule has 1 N–H and O–H groups in total. The van der Waals surface area contributed by atoms with Gasteiger partial charge >= 0.3 is 18.4 Å². The zero-order valence-electron chi connectivity index (χ0n) is 19.9. The van der Waals surface area contributed by atoms with Crippen molar-refractivity contribution in [1.29, 1.82) is 0 Å². The number of alkyl halides is 6. The van der Waals surface area contributed by atoms with E-state index in [1.54, 1.807) is 4.90 Å². The maximum absolute atomic E-state index is 13.4. The Morgan fingerprint density at radius 3 is 2.03 bits per heavy atom. The summed E-state index contributed by atoms with van der Waals surface area (Å²) in [6.45, 7) is 0.175. The molecule has 0 spiro atoms. The minimum Gasteiger partial charge on any atom is -0.332 e. The predicted octanol–water partition coefficient (Wildman–Crippen LogP) is 7.01. The quantitative estimate of drug-likeness (QED) is 0.304. The van der Waals surface area contributed by atoms with Crippen molar-refractivity contribution in [3.63, 3.8) is 0 Å². The van der Waals surface area contributed by atoms with Crippen LogP contribution in [0.5, 0.6) is 0 Å². The first-order valence-corrected chi connectivity index (χ1v) is 12.5. The Labute approximate surface area is 218 Å². The number of amides is 3. The van der Waals surface area contributed by atoms with E-state index in [-0.39, 0.29) is 31.7 Å². The fourth-order valence-electron chi connectivity index (χ4n) is 3.85. The number of benzene rings is 2. The lowest BCUT2D eigenvalue weighted by molar-refractivity contribution is -0.143. The molecule has 0 aliphatic heterocycles. The lowest BCUT2D eigenvalue weighted by atomic mass is 10.1. The van der Waals surface area contributed by atoms with Gasteiger partial charge in [-0.25, -0.2) is 4.79 Å². The molecule has 0 bridgehead atoms. The maximum Gasteiger partial charge on any atom is 0.416 e. The molecule has 3 aromatic rings. The fourth-order valence-corrected chi connectivity index (χ4v) is 4.57. The standard InChI is InChI=1S/C26H23F6N3O2S/c27-25(28,29)18-11-19(26(30,31)32)13-20(12-18)33-24(37)35(21-8-9-21)16-23(36)34(15-22-7-4-10-38-22)14-17-5-2-1-3-6-17/h1-7,10-13,21H,8-9,14-16H2,(H,33,37). The topological polar surface area (TPSA) is 52.7 Å². The first kappa shape index (κ1) is 27.5. The van der Waals surface area contributed by atoms with E-state index in [1.165, 1.54) is 16.2 Å². The van der Waals surface area contributed by atoms with Crippen molar-refractivity contribution < 1.29 is 35.9 Å². The number of hydrogen-bond donors (Lipinski definition) is 1. The Balaban J connectivity index is 1.54. The Bertz CT molecular complexity index is 1230. The number of nitrogens with zero attached hydrogens (tertiary/aromatic N) is 2. The van der Waals surface area contributed by atoms with E-state index >= 15 is 0 Å². The van der Waals surface area contributed by atoms with Gasteiger partial charge in [-0.05, 0) is 48.1 Å². The summed E-state index contributed by atoms with van der Waals surface area (Å²) < 4.78 is 79.4. The molecule has 4 rings (SSSR count). The summed E-state index contributed by atoms with van der Waals surface area (Å²) in [5.74, 6) is -0.399. The second-order valence-corrected chi connectivity index (χ2v) is 9.93. The van der Waals surface area contributed by atoms with E-state index in [4.69, 9.17) is 0 Å². The molecule has 202 valence electrons. The predicted molar refractivity (Wildman–Crippen MR) is 130 cm³/mol. The number of anilines is 1. The van der Waals surface area contributed by atoms with Crippen molar-refractivity contribution in [2.75, 3.05) is 11.9 Å². The van der Waals surface area contributed by atoms with Crippen LogP contribution < -0.4 is 5.32 Å². The molecular weight excluding hydrogens is 532 g/mol. The van der Waals surface area contributed by atoms with Crippen molar-refractivity contribution in [3.05, 3.63) is 87.6 Å². The highest BCUT2D eigenvalue weighted by Crippen LogP contribution is 2.38. The molecule has 38 heavy (non-hydrogen) atoms. The molecule has 0 saturated heterocycles. The van der Waals surface area contributed by atoms with Gasteiger partial charge in [-0.3, -0.25) is 4.79 Å². The van der Waals surface area contributed by atoms with Crippen molar-refractivity contribution in [3.8, 4) is 0 Å². The highest BCUT2D eigenvalue weighted by atomic mass is 32.1. The van der Waals surface area contributed by atoms with Gasteiger partial charge in [0.1, 0.15) is 6.54 Å². The van der Waals surface area contributed by atoms with E-state index in [2.05, 4.69) is 5.32 Å². The third kappa shape index (κ3) is 7.27. The van der Waals surface area contributed by atoms with Gasteiger partial charge in [0.05, 0.1) is 17.7 Å². The first-order chi connectivity index (χ1) is 17.9. The SMILES string of the molecule is O=C(CN(C(=O)Nc1cc(C(F)(F)F)cc(C(F)(F)F)c1)C1CC1)N(Cc1ccccc1)Cc1cccs1. The highest BCUT2D eigenvalue weighted by Gasteiger charge is 2.38. The molecule has 0 unspecified atom stereocenters. The second kappa shape index (κ2) is 11.1. The molecule has 1 saturated carbocycles. The molecule has 0 atom stereocenters. The van der Waals surface area contributed by atoms with Gasteiger partial charge in [-0.1, -0.05) is 36.4 Å². The zero-order chi connectivity index (χ0) is 27.5. The Morgan fingerprint density at radius 2 is 1.50 bits per heavy atom. The Morgan fingerprint density at radius 1 is 0.868 bits per heavy atom. The molecule has 3 amide bonds. The summed E-state index contributed by atoms with van der Waals surface area (Å²) >= 11 is 1.46. The normalized spacial score (nSPS) is 13.7. The second-order valence-electron chi connectivity index (χ2n) is 8.90. The van der Waals surface area contributed by atoms with Crippen molar-refractivity contribution in [2.24, 2.45) is 0 Å². The Kier molecular flexibility index (Phi) is 8.00. The van der Waals surface area contributed by atoms with Gasteiger partial charge in [-0.2, -0.15) is 26.3 Å². The van der Waals surface area contributed by atoms with Crippen LogP contribution in [0.4, 0.5) is 36.8 Å². The number of halogens is 6. The van der Waals surface area contributed by atoms with Crippen LogP contribution in [0.15, 0.2) is 66.0 Å². The van der Waals surface area contributed by atoms with Crippen molar-refractivity contribution in [1.82, 2.24) is 9.80 Å². The minimum absolute atomic E-state index is 0.0100. The summed E-state index contributed by atoms with van der Waals surface area (Å²) in [5.41, 5.74) is -2.87. The largest absolute Gasteiger partial charge is 0.416 e. The van der Waals surface area contributed by atoms with Crippen LogP contribution in [0.3, 0.4) is 0 Å². The molecule has 1 aromatic heterocycles. The van der Waals surface area contributed by atoms with Gasteiger partial charge < -0.3 is 15.1 Å². The zero-order valence-corrected chi connectivity index (χ0v) is 20.7. The molecule has 0 radical (unpaired) electrons. The van der Waals surface area contributed by atoms with E-state index in [0.29, 0.717) is 25.0 Å². The summed E-state index contributed by atoms with van der Waals surface area (Å²) in [7, 11) is 0. The number of carbonyl (C=O) groups is 2. The van der Waals surface area contributed by atoms with E-state index < -0.39 is 41.1 Å². The van der Waals surface area contributed by atoms with Crippen molar-refractivity contribution >= 4 is 29.0 Å². The third-order valence-corrected chi connectivity index (χ3v) is 6.75. The number of rotatable bonds is 8. The average molecular weight is 556 g/mol. The lowest BCUT2D eigenvalue weighted by Gasteiger charge is -2.28. The van der Waals surface area contributed by atoms with Crippen LogP contribution in [0.25, 0.3) is 0 Å². The van der Waals surface area contributed by atoms with Gasteiger partial charge in [-0.15, -0.1) is 11.3 Å². The molecule has 1 aliphatic carbocycles. The van der Waals surface area contributed by atoms with Crippen LogP contribution in [-0.2, 0) is 30.2 Å². The molecule has 5 nitrogen and oxygen atoms in total. The number of hydrogen-bond acceptors (Lipinski definition) is 3. The van der Waals surface area contributed by atoms with Crippen LogP contribution >= 0.6 is 11.3 Å². The molecule has 12 heteroatoms. The minimum atomic E-state index is -5.05. The number of nitrogens with one attached hydrogen (secondary N) is 1. The number of carbonyl (C=O) groups excluding carboxylic acids is 2. The summed E-state index contributed by atoms with van der Waals surface area (Å²) in [6, 6.07) is 12.5. The van der Waals surface area contributed by atoms with Gasteiger partial charge in [0.25, 0.3) is 0 Å². The fraction of sp³-hybridized carbons (Fsp3) is 0.308. The van der Waals surface area contributed by atoms with Crippen LogP contribution in [0.2, 0.25) is 0 Å². The van der Waals surface area contributed by atoms with E-state index in [9.17, 15) is 35.9 Å². The van der Waals surface area contributed by atoms with Gasteiger partial charge in [0.2, 0.25) is 5.91 Å². The molecule has 1 aliphatic rings. The van der Waals surface area contributed by atoms with Crippen LogP contribution in [-0.4, -0.2) is 34.3 Å². The molecule has 1 heterocycles. The molecule has 1 fully saturated rings. The van der Waals surface area contributed by atoms with Crippen LogP contribution in [0, 0.1) is 0 Å². The van der Waals surface area contributed by atoms with Gasteiger partial charge in [0, 0.05) is 23.2 Å². The smallest absolute Gasteiger partial charge is 0.332 e.